The van der Waals surface area contributed by atoms with Crippen LogP contribution in [0.5, 0.6) is 0 Å². The topological polar surface area (TPSA) is 71.2 Å². The first-order valence-electron chi connectivity index (χ1n) is 6.67. The number of nitrogens with zero attached hydrogens (tertiary/aromatic N) is 2. The summed E-state index contributed by atoms with van der Waals surface area (Å²) in [4.78, 5) is 17.6. The first-order valence-corrected chi connectivity index (χ1v) is 6.67. The number of amides is 1. The van der Waals surface area contributed by atoms with Crippen molar-refractivity contribution >= 4 is 17.5 Å². The molecule has 1 amide bonds. The summed E-state index contributed by atoms with van der Waals surface area (Å²) in [5.41, 5.74) is 4.49. The highest BCUT2D eigenvalue weighted by atomic mass is 19.4. The molecule has 0 bridgehead atoms. The Kier molecular flexibility index (Phi) is 4.24. The number of carbonyl (C=O) groups is 1. The van der Waals surface area contributed by atoms with Crippen LogP contribution in [0.15, 0.2) is 12.1 Å². The fourth-order valence-corrected chi connectivity index (χ4v) is 2.28. The van der Waals surface area contributed by atoms with E-state index in [4.69, 9.17) is 5.73 Å². The Labute approximate surface area is 120 Å². The van der Waals surface area contributed by atoms with Crippen molar-refractivity contribution < 1.29 is 18.0 Å². The van der Waals surface area contributed by atoms with Crippen LogP contribution in [0, 0.1) is 0 Å². The van der Waals surface area contributed by atoms with Gasteiger partial charge in [0.2, 0.25) is 5.91 Å². The Morgan fingerprint density at radius 3 is 2.57 bits per heavy atom. The molecule has 1 atom stereocenters. The molecular formula is C13H17F3N4O. The van der Waals surface area contributed by atoms with E-state index in [1.54, 1.807) is 11.8 Å². The van der Waals surface area contributed by atoms with Crippen molar-refractivity contribution in [2.45, 2.75) is 32.0 Å². The van der Waals surface area contributed by atoms with E-state index >= 15 is 0 Å². The van der Waals surface area contributed by atoms with Crippen molar-refractivity contribution in [1.29, 1.82) is 0 Å². The molecule has 0 aliphatic carbocycles. The Morgan fingerprint density at radius 1 is 1.38 bits per heavy atom. The lowest BCUT2D eigenvalue weighted by molar-refractivity contribution is -0.137. The van der Waals surface area contributed by atoms with E-state index in [9.17, 15) is 18.0 Å². The van der Waals surface area contributed by atoms with Gasteiger partial charge in [-0.3, -0.25) is 4.79 Å². The van der Waals surface area contributed by atoms with Crippen LogP contribution in [-0.2, 0) is 11.0 Å². The van der Waals surface area contributed by atoms with Gasteiger partial charge >= 0.3 is 6.18 Å². The Hall–Kier alpha value is -1.99. The van der Waals surface area contributed by atoms with Crippen LogP contribution in [0.4, 0.5) is 24.8 Å². The van der Waals surface area contributed by atoms with E-state index in [1.807, 2.05) is 0 Å². The minimum absolute atomic E-state index is 0.0534. The summed E-state index contributed by atoms with van der Waals surface area (Å²) in [7, 11) is 0. The molecule has 0 radical (unpaired) electrons. The molecule has 1 fully saturated rings. The van der Waals surface area contributed by atoms with Crippen LogP contribution in [-0.4, -0.2) is 34.9 Å². The second-order valence-electron chi connectivity index (χ2n) is 5.06. The number of alkyl halides is 3. The minimum Gasteiger partial charge on any atom is -0.384 e. The molecule has 21 heavy (non-hydrogen) atoms. The molecule has 0 aromatic carbocycles. The Bertz CT molecular complexity index is 527. The van der Waals surface area contributed by atoms with Crippen molar-refractivity contribution in [2.75, 3.05) is 24.1 Å². The summed E-state index contributed by atoms with van der Waals surface area (Å²) in [5, 5.41) is 2.69. The molecule has 1 aliphatic rings. The quantitative estimate of drug-likeness (QED) is 0.897. The summed E-state index contributed by atoms with van der Waals surface area (Å²) < 4.78 is 38.1. The average molecular weight is 302 g/mol. The van der Waals surface area contributed by atoms with Gasteiger partial charge in [-0.05, 0) is 31.9 Å². The predicted molar refractivity (Wildman–Crippen MR) is 72.6 cm³/mol. The number of rotatable bonds is 3. The number of nitrogens with two attached hydrogens (primary N) is 1. The van der Waals surface area contributed by atoms with Gasteiger partial charge in [0.25, 0.3) is 0 Å². The third kappa shape index (κ3) is 3.77. The highest BCUT2D eigenvalue weighted by molar-refractivity contribution is 5.84. The Morgan fingerprint density at radius 2 is 2.00 bits per heavy atom. The molecule has 3 N–H and O–H groups in total. The lowest BCUT2D eigenvalue weighted by Gasteiger charge is -2.22. The molecule has 5 nitrogen and oxygen atoms in total. The molecule has 2 heterocycles. The van der Waals surface area contributed by atoms with E-state index in [1.165, 1.54) is 0 Å². The van der Waals surface area contributed by atoms with Gasteiger partial charge in [-0.1, -0.05) is 0 Å². The molecule has 0 saturated carbocycles. The van der Waals surface area contributed by atoms with Crippen LogP contribution < -0.4 is 11.1 Å². The first kappa shape index (κ1) is 15.4. The second kappa shape index (κ2) is 5.79. The zero-order chi connectivity index (χ0) is 15.6. The number of nitrogens with one attached hydrogen (secondary N) is 1. The molecule has 0 spiro atoms. The lowest BCUT2D eigenvalue weighted by atomic mass is 10.2. The highest BCUT2D eigenvalue weighted by Crippen LogP contribution is 2.31. The minimum atomic E-state index is -4.50. The van der Waals surface area contributed by atoms with Gasteiger partial charge in [-0.25, -0.2) is 4.98 Å². The predicted octanol–water partition coefficient (Wildman–Crippen LogP) is 2.11. The largest absolute Gasteiger partial charge is 0.416 e. The fourth-order valence-electron chi connectivity index (χ4n) is 2.28. The van der Waals surface area contributed by atoms with E-state index < -0.39 is 17.8 Å². The van der Waals surface area contributed by atoms with Gasteiger partial charge in [-0.2, -0.15) is 13.2 Å². The molecule has 2 rings (SSSR count). The van der Waals surface area contributed by atoms with E-state index in [-0.39, 0.29) is 17.5 Å². The molecule has 1 aromatic heterocycles. The normalized spacial score (nSPS) is 16.9. The van der Waals surface area contributed by atoms with Crippen LogP contribution in [0.1, 0.15) is 25.3 Å². The van der Waals surface area contributed by atoms with Crippen LogP contribution >= 0.6 is 0 Å². The van der Waals surface area contributed by atoms with E-state index in [2.05, 4.69) is 10.3 Å². The van der Waals surface area contributed by atoms with Crippen LogP contribution in [0.3, 0.4) is 0 Å². The maximum absolute atomic E-state index is 12.7. The van der Waals surface area contributed by atoms with Crippen molar-refractivity contribution in [3.05, 3.63) is 17.7 Å². The third-order valence-electron chi connectivity index (χ3n) is 3.33. The first-order chi connectivity index (χ1) is 9.77. The number of aromatic nitrogens is 1. The van der Waals surface area contributed by atoms with Gasteiger partial charge in [0.15, 0.2) is 0 Å². The zero-order valence-electron chi connectivity index (χ0n) is 11.6. The summed E-state index contributed by atoms with van der Waals surface area (Å²) in [5.74, 6) is -0.444. The lowest BCUT2D eigenvalue weighted by Crippen LogP contribution is -2.39. The summed E-state index contributed by atoms with van der Waals surface area (Å²) in [6.07, 6.45) is -2.60. The molecule has 1 unspecified atom stereocenters. The summed E-state index contributed by atoms with van der Waals surface area (Å²) in [6, 6.07) is 0.959. The third-order valence-corrected chi connectivity index (χ3v) is 3.33. The van der Waals surface area contributed by atoms with Crippen LogP contribution in [0.25, 0.3) is 0 Å². The number of carbonyl (C=O) groups excluding carboxylic acids is 1. The maximum atomic E-state index is 12.7. The maximum Gasteiger partial charge on any atom is 0.416 e. The number of hydrogen-bond donors (Lipinski definition) is 2. The van der Waals surface area contributed by atoms with Gasteiger partial charge in [0.1, 0.15) is 17.7 Å². The van der Waals surface area contributed by atoms with Gasteiger partial charge < -0.3 is 16.0 Å². The number of anilines is 2. The van der Waals surface area contributed by atoms with Gasteiger partial charge in [0.05, 0.1) is 5.56 Å². The van der Waals surface area contributed by atoms with Gasteiger partial charge in [-0.15, -0.1) is 0 Å². The SMILES string of the molecule is CC(Nc1cc(C(F)(F)F)cc(N)n1)C(=O)N1CCCC1. The van der Waals surface area contributed by atoms with E-state index in [0.29, 0.717) is 13.1 Å². The molecule has 1 aromatic rings. The molecule has 1 aliphatic heterocycles. The Balaban J connectivity index is 2.11. The van der Waals surface area contributed by atoms with Gasteiger partial charge in [0, 0.05) is 13.1 Å². The molecule has 1 saturated heterocycles. The number of likely N-dealkylation sites (tertiary alicyclic amines) is 1. The van der Waals surface area contributed by atoms with Crippen LogP contribution in [0.2, 0.25) is 0 Å². The smallest absolute Gasteiger partial charge is 0.384 e. The summed E-state index contributed by atoms with van der Waals surface area (Å²) >= 11 is 0. The van der Waals surface area contributed by atoms with Crippen molar-refractivity contribution in [2.24, 2.45) is 0 Å². The number of pyridine rings is 1. The van der Waals surface area contributed by atoms with Crippen molar-refractivity contribution in [3.63, 3.8) is 0 Å². The van der Waals surface area contributed by atoms with Crippen molar-refractivity contribution in [3.8, 4) is 0 Å². The zero-order valence-corrected chi connectivity index (χ0v) is 11.6. The fraction of sp³-hybridized carbons (Fsp3) is 0.538. The average Bonchev–Trinajstić information content (AvgIpc) is 2.89. The number of nitrogen functional groups attached to an aromatic ring is 1. The number of halogens is 3. The molecule has 8 heteroatoms. The highest BCUT2D eigenvalue weighted by Gasteiger charge is 2.32. The molecular weight excluding hydrogens is 285 g/mol. The standard InChI is InChI=1S/C13H17F3N4O/c1-8(12(21)20-4-2-3-5-20)18-11-7-9(13(14,15)16)6-10(17)19-11/h6-8H,2-5H2,1H3,(H3,17,18,19). The molecule has 116 valence electrons. The second-order valence-corrected chi connectivity index (χ2v) is 5.06. The van der Waals surface area contributed by atoms with E-state index in [0.717, 1.165) is 25.0 Å². The number of hydrogen-bond acceptors (Lipinski definition) is 4. The summed E-state index contributed by atoms with van der Waals surface area (Å²) in [6.45, 7) is 2.96. The monoisotopic (exact) mass is 302 g/mol. The van der Waals surface area contributed by atoms with Crippen molar-refractivity contribution in [1.82, 2.24) is 9.88 Å².